The molecule has 0 saturated carbocycles. The lowest BCUT2D eigenvalue weighted by Crippen LogP contribution is -2.57. The summed E-state index contributed by atoms with van der Waals surface area (Å²) in [7, 11) is -2.75. The second kappa shape index (κ2) is 10.6. The fraction of sp³-hybridized carbons (Fsp3) is 0.333. The Labute approximate surface area is 226 Å². The van der Waals surface area contributed by atoms with Crippen molar-refractivity contribution in [1.82, 2.24) is 19.2 Å². The maximum Gasteiger partial charge on any atom is 0.246 e. The predicted octanol–water partition coefficient (Wildman–Crippen LogP) is 2.49. The van der Waals surface area contributed by atoms with E-state index in [1.54, 1.807) is 63.1 Å². The number of hydrogen-bond donors (Lipinski definition) is 1. The van der Waals surface area contributed by atoms with Crippen LogP contribution < -0.4 is 10.2 Å². The van der Waals surface area contributed by atoms with Gasteiger partial charge in [0.25, 0.3) is 0 Å². The van der Waals surface area contributed by atoms with Gasteiger partial charge in [-0.3, -0.25) is 9.59 Å². The van der Waals surface area contributed by atoms with Crippen molar-refractivity contribution < 1.29 is 22.4 Å². The van der Waals surface area contributed by atoms with E-state index in [2.05, 4.69) is 16.4 Å². The molecule has 1 aliphatic heterocycles. The van der Waals surface area contributed by atoms with Crippen LogP contribution in [-0.4, -0.2) is 52.2 Å². The molecule has 39 heavy (non-hydrogen) atoms. The Morgan fingerprint density at radius 3 is 2.62 bits per heavy atom. The van der Waals surface area contributed by atoms with Crippen molar-refractivity contribution in [3.05, 3.63) is 77.6 Å². The van der Waals surface area contributed by atoms with Gasteiger partial charge in [0, 0.05) is 30.9 Å². The number of aromatic nitrogens is 2. The molecule has 4 rings (SSSR count). The Hall–Kier alpha value is -4.08. The van der Waals surface area contributed by atoms with Gasteiger partial charge >= 0.3 is 0 Å². The molecule has 2 aromatic carbocycles. The Kier molecular flexibility index (Phi) is 7.59. The van der Waals surface area contributed by atoms with Crippen molar-refractivity contribution in [2.45, 2.75) is 50.2 Å². The zero-order chi connectivity index (χ0) is 28.5. The van der Waals surface area contributed by atoms with Crippen LogP contribution in [0, 0.1) is 17.1 Å². The second-order valence-electron chi connectivity index (χ2n) is 10.4. The number of benzene rings is 2. The molecule has 204 valence electrons. The molecule has 0 radical (unpaired) electrons. The first-order valence-corrected chi connectivity index (χ1v) is 13.6. The molecule has 1 aliphatic rings. The van der Waals surface area contributed by atoms with Gasteiger partial charge < -0.3 is 14.8 Å². The minimum absolute atomic E-state index is 0.0762. The maximum absolute atomic E-state index is 14.1. The van der Waals surface area contributed by atoms with Crippen LogP contribution in [0.25, 0.3) is 0 Å². The van der Waals surface area contributed by atoms with E-state index in [1.165, 1.54) is 17.0 Å². The average Bonchev–Trinajstić information content (AvgIpc) is 3.27. The summed E-state index contributed by atoms with van der Waals surface area (Å²) in [4.78, 5) is 32.2. The molecule has 0 aliphatic carbocycles. The van der Waals surface area contributed by atoms with E-state index < -0.39 is 45.8 Å². The largest absolute Gasteiger partial charge is 0.350 e. The molecule has 1 unspecified atom stereocenters. The number of halogens is 1. The lowest BCUT2D eigenvalue weighted by molar-refractivity contribution is -0.125. The Bertz CT molecular complexity index is 1570. The molecule has 10 nitrogen and oxygen atoms in total. The third-order valence-corrected chi connectivity index (χ3v) is 8.12. The van der Waals surface area contributed by atoms with E-state index in [0.29, 0.717) is 22.5 Å². The van der Waals surface area contributed by atoms with Crippen LogP contribution in [0.2, 0.25) is 0 Å². The van der Waals surface area contributed by atoms with Gasteiger partial charge in [-0.15, -0.1) is 0 Å². The fourth-order valence-electron chi connectivity index (χ4n) is 4.49. The molecule has 12 heteroatoms. The van der Waals surface area contributed by atoms with Crippen molar-refractivity contribution in [2.75, 3.05) is 11.4 Å². The molecule has 0 fully saturated rings. The number of rotatable bonds is 7. The normalized spacial score (nSPS) is 15.7. The summed E-state index contributed by atoms with van der Waals surface area (Å²) in [6, 6.07) is 10.0. The summed E-state index contributed by atoms with van der Waals surface area (Å²) in [5, 5.41) is 12.2. The molecule has 0 bridgehead atoms. The van der Waals surface area contributed by atoms with Crippen LogP contribution in [-0.2, 0) is 39.6 Å². The first-order chi connectivity index (χ1) is 18.3. The number of fused-ring (bicyclic) bond motifs is 1. The Morgan fingerprint density at radius 2 is 2.00 bits per heavy atom. The summed E-state index contributed by atoms with van der Waals surface area (Å²) in [5.41, 5.74) is 1.45. The van der Waals surface area contributed by atoms with Gasteiger partial charge in [-0.25, -0.2) is 17.8 Å². The molecular formula is C27H29FN6O4S. The lowest BCUT2D eigenvalue weighted by atomic mass is 9.95. The molecule has 0 saturated heterocycles. The van der Waals surface area contributed by atoms with Crippen molar-refractivity contribution in [1.29, 1.82) is 5.26 Å². The topological polar surface area (TPSA) is 128 Å². The SMILES string of the molecule is Cn1cncc1CN1C(=O)C(N(CC(=O)NC(C)(C)C)S(=O)(=O)c2cccc(F)c2)Cc2cc(C#N)ccc21. The molecule has 1 N–H and O–H groups in total. The van der Waals surface area contributed by atoms with E-state index in [0.717, 1.165) is 16.4 Å². The van der Waals surface area contributed by atoms with Crippen LogP contribution in [0.4, 0.5) is 10.1 Å². The van der Waals surface area contributed by atoms with E-state index >= 15 is 0 Å². The molecular weight excluding hydrogens is 523 g/mol. The highest BCUT2D eigenvalue weighted by atomic mass is 32.2. The minimum Gasteiger partial charge on any atom is -0.350 e. The van der Waals surface area contributed by atoms with Gasteiger partial charge in [-0.1, -0.05) is 6.07 Å². The summed E-state index contributed by atoms with van der Waals surface area (Å²) in [6.45, 7) is 4.65. The van der Waals surface area contributed by atoms with Crippen LogP contribution in [0.3, 0.4) is 0 Å². The fourth-order valence-corrected chi connectivity index (χ4v) is 6.06. The Morgan fingerprint density at radius 1 is 1.26 bits per heavy atom. The summed E-state index contributed by atoms with van der Waals surface area (Å²) in [6.07, 6.45) is 3.10. The lowest BCUT2D eigenvalue weighted by Gasteiger charge is -2.39. The van der Waals surface area contributed by atoms with E-state index in [4.69, 9.17) is 0 Å². The third kappa shape index (κ3) is 6.00. The number of nitriles is 1. The number of carbonyl (C=O) groups is 2. The van der Waals surface area contributed by atoms with E-state index in [-0.39, 0.29) is 17.9 Å². The number of imidazole rings is 1. The van der Waals surface area contributed by atoms with Crippen molar-refractivity contribution in [3.8, 4) is 6.07 Å². The molecule has 0 spiro atoms. The molecule has 1 atom stereocenters. The first-order valence-electron chi connectivity index (χ1n) is 12.2. The van der Waals surface area contributed by atoms with Gasteiger partial charge in [0.1, 0.15) is 11.9 Å². The number of hydrogen-bond acceptors (Lipinski definition) is 6. The van der Waals surface area contributed by atoms with E-state index in [1.807, 2.05) is 0 Å². The van der Waals surface area contributed by atoms with Crippen LogP contribution >= 0.6 is 0 Å². The third-order valence-electron chi connectivity index (χ3n) is 6.26. The zero-order valence-electron chi connectivity index (χ0n) is 22.1. The van der Waals surface area contributed by atoms with Crippen LogP contribution in [0.5, 0.6) is 0 Å². The standard InChI is InChI=1S/C27H29FN6O4S/c1-27(2,3)31-25(35)16-34(39(37,38)22-7-5-6-20(28)12-22)24-11-19-10-18(13-29)8-9-23(19)33(26(24)36)15-21-14-30-17-32(21)4/h5-10,12,14,17,24H,11,15-16H2,1-4H3,(H,31,35). The van der Waals surface area contributed by atoms with Gasteiger partial charge in [0.15, 0.2) is 0 Å². The molecule has 2 heterocycles. The monoisotopic (exact) mass is 552 g/mol. The van der Waals surface area contributed by atoms with Gasteiger partial charge in [0.05, 0.1) is 41.6 Å². The predicted molar refractivity (Wildman–Crippen MR) is 141 cm³/mol. The van der Waals surface area contributed by atoms with Crippen LogP contribution in [0.15, 0.2) is 59.9 Å². The summed E-state index contributed by atoms with van der Waals surface area (Å²) in [5.74, 6) is -1.95. The van der Waals surface area contributed by atoms with Crippen molar-refractivity contribution in [2.24, 2.45) is 7.05 Å². The quantitative estimate of drug-likeness (QED) is 0.480. The number of amides is 2. The average molecular weight is 553 g/mol. The number of anilines is 1. The highest BCUT2D eigenvalue weighted by Gasteiger charge is 2.43. The minimum atomic E-state index is -4.52. The number of nitrogens with zero attached hydrogens (tertiary/aromatic N) is 5. The number of carbonyl (C=O) groups excluding carboxylic acids is 2. The van der Waals surface area contributed by atoms with Crippen molar-refractivity contribution in [3.63, 3.8) is 0 Å². The van der Waals surface area contributed by atoms with Gasteiger partial charge in [-0.2, -0.15) is 9.57 Å². The second-order valence-corrected chi connectivity index (χ2v) is 12.3. The highest BCUT2D eigenvalue weighted by Crippen LogP contribution is 2.34. The van der Waals surface area contributed by atoms with Gasteiger partial charge in [0.2, 0.25) is 21.8 Å². The highest BCUT2D eigenvalue weighted by molar-refractivity contribution is 7.89. The molecule has 2 amide bonds. The molecule has 1 aromatic heterocycles. The summed E-state index contributed by atoms with van der Waals surface area (Å²) >= 11 is 0. The van der Waals surface area contributed by atoms with Crippen LogP contribution in [0.1, 0.15) is 37.6 Å². The zero-order valence-corrected chi connectivity index (χ0v) is 22.9. The van der Waals surface area contributed by atoms with Gasteiger partial charge in [-0.05, 0) is 62.7 Å². The van der Waals surface area contributed by atoms with E-state index in [9.17, 15) is 27.7 Å². The maximum atomic E-state index is 14.1. The molecule has 3 aromatic rings. The Balaban J connectivity index is 1.84. The first kappa shape index (κ1) is 27.9. The number of aryl methyl sites for hydroxylation is 1. The smallest absolute Gasteiger partial charge is 0.246 e. The summed E-state index contributed by atoms with van der Waals surface area (Å²) < 4.78 is 44.4. The van der Waals surface area contributed by atoms with Crippen molar-refractivity contribution >= 4 is 27.5 Å². The number of nitrogens with one attached hydrogen (secondary N) is 1. The number of sulfonamides is 1.